The molecule has 11 nitrogen and oxygen atoms in total. The molecular weight excluding hydrogens is 520 g/mol. The van der Waals surface area contributed by atoms with Gasteiger partial charge in [0.15, 0.2) is 17.2 Å². The van der Waals surface area contributed by atoms with Gasteiger partial charge in [0, 0.05) is 47.8 Å². The lowest BCUT2D eigenvalue weighted by atomic mass is 10.1. The number of carbonyl (C=O) groups excluding carboxylic acids is 1. The molecule has 3 aromatic heterocycles. The predicted molar refractivity (Wildman–Crippen MR) is 138 cm³/mol. The number of ether oxygens (including phenoxy) is 2. The van der Waals surface area contributed by atoms with Gasteiger partial charge in [-0.1, -0.05) is 0 Å². The summed E-state index contributed by atoms with van der Waals surface area (Å²) in [4.78, 5) is 18.5. The van der Waals surface area contributed by atoms with Gasteiger partial charge in [0.25, 0.3) is 10.0 Å². The van der Waals surface area contributed by atoms with Crippen LogP contribution in [0.2, 0.25) is 0 Å². The first-order valence-electron chi connectivity index (χ1n) is 11.3. The number of carbonyl (C=O) groups is 1. The van der Waals surface area contributed by atoms with Gasteiger partial charge in [-0.25, -0.2) is 4.98 Å². The zero-order chi connectivity index (χ0) is 25.8. The Balaban J connectivity index is 1.53. The molecule has 2 N–H and O–H groups in total. The average molecular weight is 545 g/mol. The van der Waals surface area contributed by atoms with Crippen molar-refractivity contribution in [2.24, 2.45) is 0 Å². The van der Waals surface area contributed by atoms with Gasteiger partial charge in [-0.05, 0) is 24.3 Å². The van der Waals surface area contributed by atoms with Crippen LogP contribution in [0.4, 0.5) is 11.6 Å². The first-order chi connectivity index (χ1) is 17.9. The predicted octanol–water partition coefficient (Wildman–Crippen LogP) is 3.46. The molecule has 0 saturated carbocycles. The molecule has 4 aromatic rings. The summed E-state index contributed by atoms with van der Waals surface area (Å²) in [7, 11) is -2.52. The zero-order valence-corrected chi connectivity index (χ0v) is 21.4. The van der Waals surface area contributed by atoms with Crippen LogP contribution in [-0.2, 0) is 26.1 Å². The minimum Gasteiger partial charge on any atom is -0.492 e. The first-order valence-corrected chi connectivity index (χ1v) is 13.7. The van der Waals surface area contributed by atoms with Crippen molar-refractivity contribution in [3.8, 4) is 5.75 Å². The van der Waals surface area contributed by atoms with E-state index in [1.807, 2.05) is 11.0 Å². The third kappa shape index (κ3) is 5.48. The molecule has 0 bridgehead atoms. The van der Waals surface area contributed by atoms with E-state index in [1.165, 1.54) is 31.7 Å². The molecule has 1 saturated heterocycles. The Bertz CT molecular complexity index is 1500. The molecule has 0 aliphatic carbocycles. The van der Waals surface area contributed by atoms with Crippen molar-refractivity contribution in [2.75, 3.05) is 43.0 Å². The lowest BCUT2D eigenvalue weighted by molar-refractivity contribution is -0.116. The molecule has 1 fully saturated rings. The number of sulfonamides is 1. The van der Waals surface area contributed by atoms with E-state index in [1.54, 1.807) is 23.6 Å². The van der Waals surface area contributed by atoms with Crippen LogP contribution in [0.1, 0.15) is 11.3 Å². The van der Waals surface area contributed by atoms with E-state index in [2.05, 4.69) is 15.0 Å². The third-order valence-corrected chi connectivity index (χ3v) is 8.18. The van der Waals surface area contributed by atoms with E-state index in [0.29, 0.717) is 54.5 Å². The van der Waals surface area contributed by atoms with Crippen LogP contribution in [-0.4, -0.2) is 52.7 Å². The highest BCUT2D eigenvalue weighted by atomic mass is 32.2. The summed E-state index contributed by atoms with van der Waals surface area (Å²) in [5.41, 5.74) is 0.965. The summed E-state index contributed by atoms with van der Waals surface area (Å²) < 4.78 is 51.0. The number of nitrogens with one attached hydrogen (secondary N) is 2. The lowest BCUT2D eigenvalue weighted by Crippen LogP contribution is -2.35. The maximum atomic E-state index is 13.0. The highest BCUT2D eigenvalue weighted by molar-refractivity contribution is 7.94. The molecule has 5 rings (SSSR count). The number of benzene rings is 1. The number of anilines is 2. The smallest absolute Gasteiger partial charge is 0.289 e. The Morgan fingerprint density at radius 1 is 1.30 bits per heavy atom. The second-order valence-electron chi connectivity index (χ2n) is 8.01. The molecule has 0 atom stereocenters. The summed E-state index contributed by atoms with van der Waals surface area (Å²) >= 11 is 0.994. The number of fused-ring (bicyclic) bond motifs is 1. The minimum atomic E-state index is -3.98. The Kier molecular flexibility index (Phi) is 7.17. The second-order valence-corrected chi connectivity index (χ2v) is 10.8. The van der Waals surface area contributed by atoms with Crippen molar-refractivity contribution in [1.29, 1.82) is 0 Å². The van der Waals surface area contributed by atoms with Gasteiger partial charge in [0.05, 0.1) is 38.8 Å². The standard InChI is InChI=1S/C24H24N4O7S2/c1-32-23-18(4-5-20(29)26-15-17-3-2-9-34-17)19(27-37(30,31)24-25-6-12-36-24)13-16-14-21(35-22(16)23)28-7-10-33-11-8-28/h2-6,9,12-14,27H,7-8,10-11,15H2,1H3,(H,26,29)/b5-4+. The fraction of sp³-hybridized carbons (Fsp3) is 0.250. The van der Waals surface area contributed by atoms with E-state index >= 15 is 0 Å². The number of aromatic nitrogens is 1. The van der Waals surface area contributed by atoms with Gasteiger partial charge in [-0.15, -0.1) is 11.3 Å². The first kappa shape index (κ1) is 24.9. The molecule has 0 spiro atoms. The summed E-state index contributed by atoms with van der Waals surface area (Å²) in [6, 6.07) is 6.95. The van der Waals surface area contributed by atoms with Crippen molar-refractivity contribution < 1.29 is 31.5 Å². The topological polar surface area (TPSA) is 136 Å². The van der Waals surface area contributed by atoms with Gasteiger partial charge in [-0.2, -0.15) is 8.42 Å². The van der Waals surface area contributed by atoms with Crippen molar-refractivity contribution >= 4 is 55.9 Å². The van der Waals surface area contributed by atoms with E-state index in [0.717, 1.165) is 11.3 Å². The maximum absolute atomic E-state index is 13.0. The van der Waals surface area contributed by atoms with E-state index in [9.17, 15) is 13.2 Å². The third-order valence-electron chi connectivity index (χ3n) is 5.62. The van der Waals surface area contributed by atoms with Crippen molar-refractivity contribution in [1.82, 2.24) is 10.3 Å². The molecule has 1 amide bonds. The van der Waals surface area contributed by atoms with Crippen LogP contribution >= 0.6 is 11.3 Å². The van der Waals surface area contributed by atoms with E-state index in [-0.39, 0.29) is 22.3 Å². The molecule has 4 heterocycles. The molecule has 194 valence electrons. The number of furan rings is 2. The number of morpholine rings is 1. The highest BCUT2D eigenvalue weighted by Crippen LogP contribution is 2.41. The highest BCUT2D eigenvalue weighted by Gasteiger charge is 2.24. The zero-order valence-electron chi connectivity index (χ0n) is 19.8. The normalized spacial score (nSPS) is 14.4. The van der Waals surface area contributed by atoms with Gasteiger partial charge >= 0.3 is 0 Å². The molecule has 13 heteroatoms. The molecule has 1 aliphatic heterocycles. The number of rotatable bonds is 9. The second kappa shape index (κ2) is 10.7. The van der Waals surface area contributed by atoms with Crippen LogP contribution in [0.5, 0.6) is 5.75 Å². The van der Waals surface area contributed by atoms with E-state index < -0.39 is 15.9 Å². The fourth-order valence-electron chi connectivity index (χ4n) is 3.88. The number of nitrogens with zero attached hydrogens (tertiary/aromatic N) is 2. The molecule has 1 aromatic carbocycles. The van der Waals surface area contributed by atoms with Crippen LogP contribution in [0, 0.1) is 0 Å². The maximum Gasteiger partial charge on any atom is 0.289 e. The Morgan fingerprint density at radius 2 is 2.14 bits per heavy atom. The van der Waals surface area contributed by atoms with Gasteiger partial charge in [-0.3, -0.25) is 9.52 Å². The number of hydrogen-bond acceptors (Lipinski definition) is 10. The van der Waals surface area contributed by atoms with Gasteiger partial charge in [0.2, 0.25) is 10.2 Å². The molecule has 0 radical (unpaired) electrons. The Labute approximate surface area is 216 Å². The van der Waals surface area contributed by atoms with Gasteiger partial charge < -0.3 is 28.5 Å². The van der Waals surface area contributed by atoms with Crippen LogP contribution in [0.25, 0.3) is 17.0 Å². The number of hydrogen-bond donors (Lipinski definition) is 2. The molecule has 37 heavy (non-hydrogen) atoms. The lowest BCUT2D eigenvalue weighted by Gasteiger charge is -2.26. The van der Waals surface area contributed by atoms with E-state index in [4.69, 9.17) is 18.3 Å². The quantitative estimate of drug-likeness (QED) is 0.304. The number of amides is 1. The van der Waals surface area contributed by atoms with Crippen molar-refractivity contribution in [2.45, 2.75) is 10.9 Å². The van der Waals surface area contributed by atoms with Crippen molar-refractivity contribution in [3.63, 3.8) is 0 Å². The van der Waals surface area contributed by atoms with Crippen LogP contribution < -0.4 is 19.7 Å². The molecule has 1 aliphatic rings. The molecular formula is C24H24N4O7S2. The Morgan fingerprint density at radius 3 is 2.84 bits per heavy atom. The average Bonchev–Trinajstić information content (AvgIpc) is 3.68. The van der Waals surface area contributed by atoms with Crippen molar-refractivity contribution in [3.05, 3.63) is 59.5 Å². The fourth-order valence-corrected chi connectivity index (χ4v) is 5.79. The summed E-state index contributed by atoms with van der Waals surface area (Å²) in [6.07, 6.45) is 5.71. The Hall–Kier alpha value is -3.81. The van der Waals surface area contributed by atoms with Crippen LogP contribution in [0.3, 0.4) is 0 Å². The number of thiazole rings is 1. The molecule has 0 unspecified atom stereocenters. The summed E-state index contributed by atoms with van der Waals surface area (Å²) in [6.45, 7) is 2.68. The van der Waals surface area contributed by atoms with Crippen LogP contribution in [0.15, 0.2) is 61.4 Å². The largest absolute Gasteiger partial charge is 0.492 e. The SMILES string of the molecule is COc1c(/C=C/C(=O)NCc2ccco2)c(NS(=O)(=O)c2nccs2)cc2cc(N3CCOCC3)oc12. The summed E-state index contributed by atoms with van der Waals surface area (Å²) in [5, 5.41) is 4.93. The minimum absolute atomic E-state index is 0.0844. The summed E-state index contributed by atoms with van der Waals surface area (Å²) in [5.74, 6) is 1.09. The number of methoxy groups -OCH3 is 1. The monoisotopic (exact) mass is 544 g/mol. The van der Waals surface area contributed by atoms with Gasteiger partial charge in [0.1, 0.15) is 5.76 Å².